The molecule has 1 fully saturated rings. The third kappa shape index (κ3) is 3.12. The number of hydrazone groups is 1. The van der Waals surface area contributed by atoms with Gasteiger partial charge in [-0.05, 0) is 43.0 Å². The van der Waals surface area contributed by atoms with Gasteiger partial charge in [0.05, 0.1) is 13.3 Å². The van der Waals surface area contributed by atoms with E-state index in [0.717, 1.165) is 18.7 Å². The molecule has 1 heterocycles. The maximum atomic E-state index is 9.47. The van der Waals surface area contributed by atoms with E-state index >= 15 is 0 Å². The van der Waals surface area contributed by atoms with Crippen molar-refractivity contribution in [2.24, 2.45) is 5.10 Å². The van der Waals surface area contributed by atoms with Gasteiger partial charge in [-0.1, -0.05) is 0 Å². The molecule has 1 aromatic rings. The van der Waals surface area contributed by atoms with Crippen molar-refractivity contribution >= 4 is 6.21 Å². The van der Waals surface area contributed by atoms with Crippen molar-refractivity contribution in [3.05, 3.63) is 23.8 Å². The first kappa shape index (κ1) is 11.8. The highest BCUT2D eigenvalue weighted by molar-refractivity contribution is 5.80. The molecule has 0 atom stereocenters. The van der Waals surface area contributed by atoms with Crippen LogP contribution in [0.3, 0.4) is 0 Å². The van der Waals surface area contributed by atoms with E-state index in [4.69, 9.17) is 4.74 Å². The summed E-state index contributed by atoms with van der Waals surface area (Å²) < 4.78 is 5.05. The van der Waals surface area contributed by atoms with Crippen LogP contribution in [0.5, 0.6) is 11.5 Å². The highest BCUT2D eigenvalue weighted by Gasteiger charge is 2.06. The van der Waals surface area contributed by atoms with Crippen LogP contribution in [0.25, 0.3) is 0 Å². The summed E-state index contributed by atoms with van der Waals surface area (Å²) in [5.41, 5.74) is 0.935. The summed E-state index contributed by atoms with van der Waals surface area (Å²) in [4.78, 5) is 0. The van der Waals surface area contributed by atoms with Crippen molar-refractivity contribution in [2.75, 3.05) is 20.2 Å². The Labute approximate surface area is 102 Å². The fourth-order valence-corrected chi connectivity index (χ4v) is 1.92. The highest BCUT2D eigenvalue weighted by Crippen LogP contribution is 2.25. The number of rotatable bonds is 3. The van der Waals surface area contributed by atoms with Gasteiger partial charge in [-0.3, -0.25) is 5.01 Å². The summed E-state index contributed by atoms with van der Waals surface area (Å²) in [7, 11) is 1.54. The minimum Gasteiger partial charge on any atom is -0.504 e. The number of piperidine rings is 1. The van der Waals surface area contributed by atoms with E-state index in [9.17, 15) is 5.11 Å². The largest absolute Gasteiger partial charge is 0.504 e. The Morgan fingerprint density at radius 1 is 1.29 bits per heavy atom. The fourth-order valence-electron chi connectivity index (χ4n) is 1.92. The first-order valence-electron chi connectivity index (χ1n) is 5.95. The van der Waals surface area contributed by atoms with Crippen molar-refractivity contribution in [3.8, 4) is 11.5 Å². The number of nitrogens with zero attached hydrogens (tertiary/aromatic N) is 2. The zero-order valence-electron chi connectivity index (χ0n) is 10.1. The van der Waals surface area contributed by atoms with Gasteiger partial charge in [0.1, 0.15) is 0 Å². The van der Waals surface area contributed by atoms with Crippen LogP contribution in [0.15, 0.2) is 23.3 Å². The molecule has 1 aliphatic rings. The number of phenols is 1. The second kappa shape index (κ2) is 5.57. The molecule has 0 saturated carbocycles. The molecular formula is C13H18N2O2. The van der Waals surface area contributed by atoms with Gasteiger partial charge in [-0.2, -0.15) is 5.10 Å². The van der Waals surface area contributed by atoms with Gasteiger partial charge in [-0.15, -0.1) is 0 Å². The molecule has 0 aromatic heterocycles. The van der Waals surface area contributed by atoms with E-state index < -0.39 is 0 Å². The van der Waals surface area contributed by atoms with Crippen molar-refractivity contribution in [2.45, 2.75) is 19.3 Å². The lowest BCUT2D eigenvalue weighted by atomic mass is 10.2. The molecule has 1 aromatic carbocycles. The van der Waals surface area contributed by atoms with E-state index in [0.29, 0.717) is 5.75 Å². The Balaban J connectivity index is 2.04. The number of methoxy groups -OCH3 is 1. The number of hydrogen-bond acceptors (Lipinski definition) is 4. The van der Waals surface area contributed by atoms with E-state index in [1.165, 1.54) is 19.3 Å². The van der Waals surface area contributed by atoms with Gasteiger partial charge in [-0.25, -0.2) is 0 Å². The average molecular weight is 234 g/mol. The van der Waals surface area contributed by atoms with Crippen LogP contribution < -0.4 is 4.74 Å². The molecule has 4 heteroatoms. The normalized spacial score (nSPS) is 16.4. The smallest absolute Gasteiger partial charge is 0.161 e. The van der Waals surface area contributed by atoms with Gasteiger partial charge >= 0.3 is 0 Å². The second-order valence-corrected chi connectivity index (χ2v) is 4.19. The van der Waals surface area contributed by atoms with Gasteiger partial charge in [0.15, 0.2) is 11.5 Å². The van der Waals surface area contributed by atoms with Crippen LogP contribution in [0.1, 0.15) is 24.8 Å². The minimum absolute atomic E-state index is 0.155. The summed E-state index contributed by atoms with van der Waals surface area (Å²) in [6.45, 7) is 2.07. The van der Waals surface area contributed by atoms with Crippen molar-refractivity contribution in [1.82, 2.24) is 5.01 Å². The third-order valence-electron chi connectivity index (χ3n) is 2.91. The summed E-state index contributed by atoms with van der Waals surface area (Å²) in [6.07, 6.45) is 5.55. The number of hydrogen-bond donors (Lipinski definition) is 1. The SMILES string of the molecule is COc1cc(/C=N/N2CCCCC2)ccc1O. The molecule has 4 nitrogen and oxygen atoms in total. The molecule has 0 amide bonds. The molecule has 0 unspecified atom stereocenters. The minimum atomic E-state index is 0.155. The van der Waals surface area contributed by atoms with Gasteiger partial charge in [0, 0.05) is 13.1 Å². The molecule has 0 spiro atoms. The zero-order valence-corrected chi connectivity index (χ0v) is 10.1. The van der Waals surface area contributed by atoms with Crippen LogP contribution in [-0.4, -0.2) is 36.5 Å². The lowest BCUT2D eigenvalue weighted by molar-refractivity contribution is 0.240. The van der Waals surface area contributed by atoms with Crippen LogP contribution in [-0.2, 0) is 0 Å². The van der Waals surface area contributed by atoms with Crippen LogP contribution in [0.2, 0.25) is 0 Å². The topological polar surface area (TPSA) is 45.1 Å². The predicted octanol–water partition coefficient (Wildman–Crippen LogP) is 2.22. The van der Waals surface area contributed by atoms with Crippen molar-refractivity contribution in [3.63, 3.8) is 0 Å². The molecule has 1 saturated heterocycles. The van der Waals surface area contributed by atoms with Gasteiger partial charge in [0.2, 0.25) is 0 Å². The number of aromatic hydroxyl groups is 1. The quantitative estimate of drug-likeness (QED) is 0.816. The molecule has 1 N–H and O–H groups in total. The Kier molecular flexibility index (Phi) is 3.85. The number of phenolic OH excluding ortho intramolecular Hbond substituents is 1. The van der Waals surface area contributed by atoms with E-state index in [-0.39, 0.29) is 5.75 Å². The maximum Gasteiger partial charge on any atom is 0.161 e. The average Bonchev–Trinajstić information content (AvgIpc) is 2.39. The molecule has 2 rings (SSSR count). The van der Waals surface area contributed by atoms with Crippen molar-refractivity contribution in [1.29, 1.82) is 0 Å². The number of benzene rings is 1. The zero-order chi connectivity index (χ0) is 12.1. The Morgan fingerprint density at radius 2 is 2.06 bits per heavy atom. The first-order valence-corrected chi connectivity index (χ1v) is 5.95. The summed E-state index contributed by atoms with van der Waals surface area (Å²) >= 11 is 0. The lowest BCUT2D eigenvalue weighted by Gasteiger charge is -2.23. The highest BCUT2D eigenvalue weighted by atomic mass is 16.5. The lowest BCUT2D eigenvalue weighted by Crippen LogP contribution is -2.24. The molecule has 1 aliphatic heterocycles. The molecule has 17 heavy (non-hydrogen) atoms. The maximum absolute atomic E-state index is 9.47. The Morgan fingerprint density at radius 3 is 2.76 bits per heavy atom. The van der Waals surface area contributed by atoms with E-state index in [1.807, 2.05) is 12.3 Å². The molecule has 92 valence electrons. The van der Waals surface area contributed by atoms with Crippen LogP contribution in [0.4, 0.5) is 0 Å². The van der Waals surface area contributed by atoms with Gasteiger partial charge < -0.3 is 9.84 Å². The van der Waals surface area contributed by atoms with Gasteiger partial charge in [0.25, 0.3) is 0 Å². The van der Waals surface area contributed by atoms with E-state index in [2.05, 4.69) is 10.1 Å². The first-order chi connectivity index (χ1) is 8.29. The third-order valence-corrected chi connectivity index (χ3v) is 2.91. The Bertz CT molecular complexity index is 398. The van der Waals surface area contributed by atoms with Crippen LogP contribution in [0, 0.1) is 0 Å². The fraction of sp³-hybridized carbons (Fsp3) is 0.462. The summed E-state index contributed by atoms with van der Waals surface area (Å²) in [5.74, 6) is 0.634. The second-order valence-electron chi connectivity index (χ2n) is 4.19. The van der Waals surface area contributed by atoms with Crippen molar-refractivity contribution < 1.29 is 9.84 Å². The summed E-state index contributed by atoms with van der Waals surface area (Å²) in [6, 6.07) is 5.23. The van der Waals surface area contributed by atoms with E-state index in [1.54, 1.807) is 19.2 Å². The molecular weight excluding hydrogens is 216 g/mol. The molecule has 0 radical (unpaired) electrons. The Hall–Kier alpha value is -1.71. The molecule has 0 bridgehead atoms. The number of ether oxygens (including phenoxy) is 1. The predicted molar refractivity (Wildman–Crippen MR) is 67.7 cm³/mol. The standard InChI is InChI=1S/C13H18N2O2/c1-17-13-9-11(5-6-12(13)16)10-14-15-7-3-2-4-8-15/h5-6,9-10,16H,2-4,7-8H2,1H3/b14-10+. The molecule has 0 aliphatic carbocycles. The monoisotopic (exact) mass is 234 g/mol. The summed E-state index contributed by atoms with van der Waals surface area (Å²) in [5, 5.41) is 16.0. The van der Waals surface area contributed by atoms with Crippen LogP contribution >= 0.6 is 0 Å².